The van der Waals surface area contributed by atoms with Crippen LogP contribution in [0, 0.1) is 13.8 Å². The molecule has 0 saturated carbocycles. The predicted octanol–water partition coefficient (Wildman–Crippen LogP) is 5.58. The van der Waals surface area contributed by atoms with Gasteiger partial charge in [0.1, 0.15) is 0 Å². The fraction of sp³-hybridized carbons (Fsp3) is 0.263. The highest BCUT2D eigenvalue weighted by Gasteiger charge is 2.09. The van der Waals surface area contributed by atoms with Crippen LogP contribution in [0.1, 0.15) is 30.4 Å². The van der Waals surface area contributed by atoms with E-state index in [4.69, 9.17) is 0 Å². The first-order valence-electron chi connectivity index (χ1n) is 7.97. The molecule has 6 heteroatoms. The largest absolute Gasteiger partial charge is 0.325 e. The minimum absolute atomic E-state index is 0.103. The molecule has 0 spiro atoms. The van der Waals surface area contributed by atoms with Crippen molar-refractivity contribution in [1.82, 2.24) is 0 Å². The Morgan fingerprint density at radius 3 is 1.56 bits per heavy atom. The first-order chi connectivity index (χ1) is 11.8. The average molecular weight is 468 g/mol. The van der Waals surface area contributed by atoms with Gasteiger partial charge < -0.3 is 10.6 Å². The Labute approximate surface area is 164 Å². The second-order valence-electron chi connectivity index (χ2n) is 5.92. The van der Waals surface area contributed by atoms with Crippen LogP contribution < -0.4 is 10.6 Å². The zero-order chi connectivity index (χ0) is 18.4. The van der Waals surface area contributed by atoms with Crippen LogP contribution in [0.25, 0.3) is 0 Å². The van der Waals surface area contributed by atoms with Gasteiger partial charge in [-0.1, -0.05) is 12.1 Å². The molecular formula is C19H20Br2N2O2. The lowest BCUT2D eigenvalue weighted by atomic mass is 10.2. The van der Waals surface area contributed by atoms with Crippen molar-refractivity contribution in [3.63, 3.8) is 0 Å². The number of aryl methyl sites for hydroxylation is 2. The predicted molar refractivity (Wildman–Crippen MR) is 109 cm³/mol. The number of carbonyl (C=O) groups is 2. The van der Waals surface area contributed by atoms with E-state index in [1.807, 2.05) is 50.2 Å². The molecule has 132 valence electrons. The molecule has 0 radical (unpaired) electrons. The molecule has 4 nitrogen and oxygen atoms in total. The number of rotatable bonds is 6. The van der Waals surface area contributed by atoms with E-state index in [2.05, 4.69) is 42.5 Å². The fourth-order valence-corrected chi connectivity index (χ4v) is 3.46. The lowest BCUT2D eigenvalue weighted by Crippen LogP contribution is -2.15. The van der Waals surface area contributed by atoms with Crippen molar-refractivity contribution in [2.24, 2.45) is 0 Å². The van der Waals surface area contributed by atoms with E-state index in [0.717, 1.165) is 31.4 Å². The molecule has 0 fully saturated rings. The van der Waals surface area contributed by atoms with Gasteiger partial charge in [0, 0.05) is 21.8 Å². The van der Waals surface area contributed by atoms with Gasteiger partial charge in [-0.2, -0.15) is 0 Å². The topological polar surface area (TPSA) is 58.2 Å². The quantitative estimate of drug-likeness (QED) is 0.582. The molecule has 25 heavy (non-hydrogen) atoms. The van der Waals surface area contributed by atoms with E-state index in [9.17, 15) is 9.59 Å². The summed E-state index contributed by atoms with van der Waals surface area (Å²) in [4.78, 5) is 24.0. The van der Waals surface area contributed by atoms with Crippen molar-refractivity contribution >= 4 is 55.0 Å². The van der Waals surface area contributed by atoms with E-state index in [0.29, 0.717) is 19.3 Å². The molecule has 0 aromatic heterocycles. The number of carbonyl (C=O) groups excluding carboxylic acids is 2. The van der Waals surface area contributed by atoms with E-state index < -0.39 is 0 Å². The SMILES string of the molecule is Cc1ccc(NC(=O)CCCC(=O)Nc2ccc(C)cc2Br)c(Br)c1. The Morgan fingerprint density at radius 1 is 0.800 bits per heavy atom. The molecule has 0 unspecified atom stereocenters. The highest BCUT2D eigenvalue weighted by molar-refractivity contribution is 9.11. The lowest BCUT2D eigenvalue weighted by molar-refractivity contribution is -0.117. The highest BCUT2D eigenvalue weighted by Crippen LogP contribution is 2.24. The van der Waals surface area contributed by atoms with Crippen LogP contribution in [0.5, 0.6) is 0 Å². The number of amides is 2. The van der Waals surface area contributed by atoms with Gasteiger partial charge in [-0.3, -0.25) is 9.59 Å². The summed E-state index contributed by atoms with van der Waals surface area (Å²) in [5.41, 5.74) is 3.71. The zero-order valence-corrected chi connectivity index (χ0v) is 17.3. The normalized spacial score (nSPS) is 10.4. The van der Waals surface area contributed by atoms with Crippen LogP contribution in [0.4, 0.5) is 11.4 Å². The molecule has 2 N–H and O–H groups in total. The Kier molecular flexibility index (Phi) is 7.20. The van der Waals surface area contributed by atoms with Crippen molar-refractivity contribution < 1.29 is 9.59 Å². The second kappa shape index (κ2) is 9.15. The van der Waals surface area contributed by atoms with Crippen molar-refractivity contribution in [2.45, 2.75) is 33.1 Å². The Hall–Kier alpha value is -1.66. The van der Waals surface area contributed by atoms with Crippen LogP contribution in [-0.2, 0) is 9.59 Å². The number of hydrogen-bond acceptors (Lipinski definition) is 2. The Balaban J connectivity index is 1.77. The third-order valence-corrected chi connectivity index (χ3v) is 4.92. The maximum Gasteiger partial charge on any atom is 0.224 e. The third-order valence-electron chi connectivity index (χ3n) is 3.61. The summed E-state index contributed by atoms with van der Waals surface area (Å²) in [6.07, 6.45) is 1.08. The van der Waals surface area contributed by atoms with Gasteiger partial charge in [0.05, 0.1) is 11.4 Å². The van der Waals surface area contributed by atoms with E-state index in [-0.39, 0.29) is 11.8 Å². The number of anilines is 2. The van der Waals surface area contributed by atoms with E-state index in [1.54, 1.807) is 0 Å². The van der Waals surface area contributed by atoms with E-state index >= 15 is 0 Å². The molecular weight excluding hydrogens is 448 g/mol. The first kappa shape index (κ1) is 19.7. The molecule has 0 heterocycles. The number of halogens is 2. The van der Waals surface area contributed by atoms with E-state index in [1.165, 1.54) is 0 Å². The van der Waals surface area contributed by atoms with Crippen LogP contribution >= 0.6 is 31.9 Å². The first-order valence-corrected chi connectivity index (χ1v) is 9.56. The summed E-state index contributed by atoms with van der Waals surface area (Å²) < 4.78 is 1.70. The minimum atomic E-state index is -0.103. The molecule has 0 saturated heterocycles. The smallest absolute Gasteiger partial charge is 0.224 e. The fourth-order valence-electron chi connectivity index (χ4n) is 2.28. The number of nitrogens with one attached hydrogen (secondary N) is 2. The molecule has 0 aliphatic heterocycles. The van der Waals surface area contributed by atoms with Crippen LogP contribution in [0.15, 0.2) is 45.3 Å². The Morgan fingerprint density at radius 2 is 1.20 bits per heavy atom. The third kappa shape index (κ3) is 6.29. The standard InChI is InChI=1S/C19H20Br2N2O2/c1-12-6-8-16(14(20)10-12)22-18(24)4-3-5-19(25)23-17-9-7-13(2)11-15(17)21/h6-11H,3-5H2,1-2H3,(H,22,24)(H,23,25). The Bertz CT molecular complexity index is 725. The molecule has 0 aliphatic rings. The van der Waals surface area contributed by atoms with Crippen molar-refractivity contribution in [3.8, 4) is 0 Å². The summed E-state index contributed by atoms with van der Waals surface area (Å²) in [6.45, 7) is 3.97. The van der Waals surface area contributed by atoms with Gasteiger partial charge in [0.25, 0.3) is 0 Å². The van der Waals surface area contributed by atoms with Gasteiger partial charge in [0.15, 0.2) is 0 Å². The van der Waals surface area contributed by atoms with Crippen LogP contribution in [0.3, 0.4) is 0 Å². The summed E-state index contributed by atoms with van der Waals surface area (Å²) in [7, 11) is 0. The number of hydrogen-bond donors (Lipinski definition) is 2. The summed E-state index contributed by atoms with van der Waals surface area (Å²) in [6, 6.07) is 11.5. The van der Waals surface area contributed by atoms with Gasteiger partial charge in [-0.25, -0.2) is 0 Å². The minimum Gasteiger partial charge on any atom is -0.325 e. The molecule has 0 atom stereocenters. The van der Waals surface area contributed by atoms with Gasteiger partial charge >= 0.3 is 0 Å². The maximum absolute atomic E-state index is 12.0. The van der Waals surface area contributed by atoms with Crippen LogP contribution in [-0.4, -0.2) is 11.8 Å². The molecule has 2 aromatic carbocycles. The average Bonchev–Trinajstić information content (AvgIpc) is 2.53. The lowest BCUT2D eigenvalue weighted by Gasteiger charge is -2.09. The van der Waals surface area contributed by atoms with Crippen LogP contribution in [0.2, 0.25) is 0 Å². The molecule has 0 bridgehead atoms. The molecule has 2 amide bonds. The van der Waals surface area contributed by atoms with Gasteiger partial charge in [-0.05, 0) is 87.5 Å². The molecule has 2 rings (SSSR count). The van der Waals surface area contributed by atoms with Gasteiger partial charge in [0.2, 0.25) is 11.8 Å². The number of benzene rings is 2. The summed E-state index contributed by atoms with van der Waals surface area (Å²) >= 11 is 6.87. The molecule has 0 aliphatic carbocycles. The van der Waals surface area contributed by atoms with Crippen molar-refractivity contribution in [2.75, 3.05) is 10.6 Å². The maximum atomic E-state index is 12.0. The van der Waals surface area contributed by atoms with Crippen molar-refractivity contribution in [3.05, 3.63) is 56.5 Å². The van der Waals surface area contributed by atoms with Crippen molar-refractivity contribution in [1.29, 1.82) is 0 Å². The van der Waals surface area contributed by atoms with Gasteiger partial charge in [-0.15, -0.1) is 0 Å². The highest BCUT2D eigenvalue weighted by atomic mass is 79.9. The monoisotopic (exact) mass is 466 g/mol. The second-order valence-corrected chi connectivity index (χ2v) is 7.63. The zero-order valence-electron chi connectivity index (χ0n) is 14.2. The summed E-state index contributed by atoms with van der Waals surface area (Å²) in [5, 5.41) is 5.70. The summed E-state index contributed by atoms with van der Waals surface area (Å²) in [5.74, 6) is -0.206. The molecule has 2 aromatic rings.